The summed E-state index contributed by atoms with van der Waals surface area (Å²) in [6.07, 6.45) is 0.962. The van der Waals surface area contributed by atoms with E-state index in [0.717, 1.165) is 17.4 Å². The zero-order valence-electron chi connectivity index (χ0n) is 16.9. The smallest absolute Gasteiger partial charge is 0.375 e. The summed E-state index contributed by atoms with van der Waals surface area (Å²) < 4.78 is 16.0. The first kappa shape index (κ1) is 20.6. The highest BCUT2D eigenvalue weighted by Gasteiger charge is 2.22. The van der Waals surface area contributed by atoms with Gasteiger partial charge in [0, 0.05) is 18.1 Å². The summed E-state index contributed by atoms with van der Waals surface area (Å²) in [4.78, 5) is 24.7. The van der Waals surface area contributed by atoms with E-state index in [4.69, 9.17) is 13.9 Å². The second-order valence-electron chi connectivity index (χ2n) is 6.80. The van der Waals surface area contributed by atoms with E-state index in [2.05, 4.69) is 12.2 Å². The number of carbonyl (C=O) groups is 2. The van der Waals surface area contributed by atoms with Gasteiger partial charge in [0.05, 0.1) is 12.6 Å². The van der Waals surface area contributed by atoms with E-state index in [9.17, 15) is 9.59 Å². The number of hydrogen-bond acceptors (Lipinski definition) is 5. The van der Waals surface area contributed by atoms with E-state index in [-0.39, 0.29) is 30.9 Å². The minimum atomic E-state index is -0.691. The molecule has 152 valence electrons. The summed E-state index contributed by atoms with van der Waals surface area (Å²) in [6, 6.07) is 15.2. The minimum absolute atomic E-state index is 0.0593. The molecule has 6 nitrogen and oxygen atoms in total. The molecule has 1 amide bonds. The standard InChI is InChI=1S/C23H25NO5/c1-4-16-9-11-17(12-10-16)15(2)24-21(25)14-28-23(26)22-19(13-27-3)18-7-5-6-8-20(18)29-22/h5-12,15H,4,13-14H2,1-3H3,(H,24,25)/t15-/m1/s1. The number of ether oxygens (including phenoxy) is 2. The molecular formula is C23H25NO5. The number of furan rings is 1. The van der Waals surface area contributed by atoms with Crippen molar-refractivity contribution in [2.75, 3.05) is 13.7 Å². The number of hydrogen-bond donors (Lipinski definition) is 1. The monoisotopic (exact) mass is 395 g/mol. The average Bonchev–Trinajstić information content (AvgIpc) is 3.11. The first-order valence-corrected chi connectivity index (χ1v) is 9.58. The van der Waals surface area contributed by atoms with Crippen LogP contribution in [0.2, 0.25) is 0 Å². The van der Waals surface area contributed by atoms with Crippen molar-refractivity contribution in [1.82, 2.24) is 5.32 Å². The Balaban J connectivity index is 1.62. The van der Waals surface area contributed by atoms with Gasteiger partial charge in [0.1, 0.15) is 5.58 Å². The number of benzene rings is 2. The number of fused-ring (bicyclic) bond motifs is 1. The van der Waals surface area contributed by atoms with Crippen molar-refractivity contribution in [1.29, 1.82) is 0 Å². The van der Waals surface area contributed by atoms with Crippen LogP contribution in [0.4, 0.5) is 0 Å². The highest BCUT2D eigenvalue weighted by Crippen LogP contribution is 2.27. The van der Waals surface area contributed by atoms with Gasteiger partial charge < -0.3 is 19.2 Å². The van der Waals surface area contributed by atoms with Crippen LogP contribution in [0.15, 0.2) is 52.9 Å². The van der Waals surface area contributed by atoms with Gasteiger partial charge in [-0.15, -0.1) is 0 Å². The van der Waals surface area contributed by atoms with Gasteiger partial charge in [-0.1, -0.05) is 49.4 Å². The van der Waals surface area contributed by atoms with Crippen molar-refractivity contribution in [3.63, 3.8) is 0 Å². The van der Waals surface area contributed by atoms with Crippen molar-refractivity contribution in [3.05, 3.63) is 71.0 Å². The summed E-state index contributed by atoms with van der Waals surface area (Å²) in [5.41, 5.74) is 3.40. The number of esters is 1. The Labute approximate surface area is 169 Å². The van der Waals surface area contributed by atoms with E-state index in [0.29, 0.717) is 11.1 Å². The second kappa shape index (κ2) is 9.39. The van der Waals surface area contributed by atoms with Crippen LogP contribution in [0.1, 0.15) is 47.1 Å². The third-order valence-corrected chi connectivity index (χ3v) is 4.77. The SMILES string of the molecule is CCc1ccc([C@@H](C)NC(=O)COC(=O)c2oc3ccccc3c2COC)cc1. The van der Waals surface area contributed by atoms with Gasteiger partial charge in [-0.05, 0) is 30.5 Å². The second-order valence-corrected chi connectivity index (χ2v) is 6.80. The number of aryl methyl sites for hydroxylation is 1. The van der Waals surface area contributed by atoms with Crippen LogP contribution in [0.3, 0.4) is 0 Å². The van der Waals surface area contributed by atoms with E-state index in [1.54, 1.807) is 13.2 Å². The lowest BCUT2D eigenvalue weighted by molar-refractivity contribution is -0.124. The lowest BCUT2D eigenvalue weighted by atomic mass is 10.1. The number of methoxy groups -OCH3 is 1. The molecule has 0 fully saturated rings. The summed E-state index contributed by atoms with van der Waals surface area (Å²) >= 11 is 0. The Hall–Kier alpha value is -3.12. The summed E-state index contributed by atoms with van der Waals surface area (Å²) in [5.74, 6) is -1.01. The molecule has 0 saturated carbocycles. The summed E-state index contributed by atoms with van der Waals surface area (Å²) in [5, 5.41) is 3.62. The van der Waals surface area contributed by atoms with Crippen molar-refractivity contribution in [2.45, 2.75) is 32.9 Å². The molecule has 1 N–H and O–H groups in total. The molecule has 0 spiro atoms. The number of para-hydroxylation sites is 1. The maximum Gasteiger partial charge on any atom is 0.375 e. The van der Waals surface area contributed by atoms with Crippen molar-refractivity contribution >= 4 is 22.8 Å². The largest absolute Gasteiger partial charge is 0.450 e. The van der Waals surface area contributed by atoms with Crippen LogP contribution >= 0.6 is 0 Å². The number of rotatable bonds is 8. The highest BCUT2D eigenvalue weighted by molar-refractivity contribution is 5.96. The van der Waals surface area contributed by atoms with Gasteiger partial charge in [0.15, 0.2) is 6.61 Å². The first-order valence-electron chi connectivity index (χ1n) is 9.58. The van der Waals surface area contributed by atoms with Crippen LogP contribution in [-0.2, 0) is 27.3 Å². The molecule has 1 atom stereocenters. The Morgan fingerprint density at radius 1 is 1.10 bits per heavy atom. The van der Waals surface area contributed by atoms with Gasteiger partial charge in [-0.2, -0.15) is 0 Å². The molecule has 0 aliphatic rings. The van der Waals surface area contributed by atoms with Gasteiger partial charge in [0.25, 0.3) is 5.91 Å². The fourth-order valence-corrected chi connectivity index (χ4v) is 3.16. The molecule has 3 aromatic rings. The average molecular weight is 395 g/mol. The minimum Gasteiger partial charge on any atom is -0.450 e. The maximum atomic E-state index is 12.5. The maximum absolute atomic E-state index is 12.5. The van der Waals surface area contributed by atoms with Gasteiger partial charge >= 0.3 is 5.97 Å². The lowest BCUT2D eigenvalue weighted by Gasteiger charge is -2.14. The predicted molar refractivity (Wildman–Crippen MR) is 110 cm³/mol. The van der Waals surface area contributed by atoms with Gasteiger partial charge in [-0.3, -0.25) is 4.79 Å². The topological polar surface area (TPSA) is 77.8 Å². The fraction of sp³-hybridized carbons (Fsp3) is 0.304. The molecule has 6 heteroatoms. The van der Waals surface area contributed by atoms with Crippen LogP contribution in [0, 0.1) is 0 Å². The molecule has 2 aromatic carbocycles. The Morgan fingerprint density at radius 2 is 1.83 bits per heavy atom. The molecular weight excluding hydrogens is 370 g/mol. The van der Waals surface area contributed by atoms with Crippen molar-refractivity contribution in [3.8, 4) is 0 Å². The van der Waals surface area contributed by atoms with Crippen LogP contribution < -0.4 is 5.32 Å². The summed E-state index contributed by atoms with van der Waals surface area (Å²) in [6.45, 7) is 3.79. The normalized spacial score (nSPS) is 12.0. The molecule has 0 radical (unpaired) electrons. The number of amides is 1. The molecule has 29 heavy (non-hydrogen) atoms. The lowest BCUT2D eigenvalue weighted by Crippen LogP contribution is -2.31. The zero-order valence-corrected chi connectivity index (χ0v) is 16.9. The Bertz CT molecular complexity index is 990. The van der Waals surface area contributed by atoms with Crippen molar-refractivity contribution in [2.24, 2.45) is 0 Å². The zero-order chi connectivity index (χ0) is 20.8. The third kappa shape index (κ3) is 4.84. The van der Waals surface area contributed by atoms with E-state index < -0.39 is 5.97 Å². The van der Waals surface area contributed by atoms with Crippen molar-refractivity contribution < 1.29 is 23.5 Å². The Morgan fingerprint density at radius 3 is 2.52 bits per heavy atom. The quantitative estimate of drug-likeness (QED) is 0.579. The van der Waals surface area contributed by atoms with Crippen LogP contribution in [0.25, 0.3) is 11.0 Å². The van der Waals surface area contributed by atoms with Gasteiger partial charge in [-0.25, -0.2) is 4.79 Å². The fourth-order valence-electron chi connectivity index (χ4n) is 3.16. The molecule has 0 bridgehead atoms. The Kier molecular flexibility index (Phi) is 6.67. The molecule has 0 aliphatic heterocycles. The van der Waals surface area contributed by atoms with Crippen LogP contribution in [-0.4, -0.2) is 25.6 Å². The predicted octanol–water partition coefficient (Wildman–Crippen LogP) is 4.18. The number of carbonyl (C=O) groups excluding carboxylic acids is 2. The molecule has 1 aromatic heterocycles. The van der Waals surface area contributed by atoms with E-state index in [1.165, 1.54) is 5.56 Å². The first-order chi connectivity index (χ1) is 14.0. The molecule has 1 heterocycles. The molecule has 0 saturated heterocycles. The van der Waals surface area contributed by atoms with Crippen LogP contribution in [0.5, 0.6) is 0 Å². The van der Waals surface area contributed by atoms with E-state index >= 15 is 0 Å². The highest BCUT2D eigenvalue weighted by atomic mass is 16.5. The third-order valence-electron chi connectivity index (χ3n) is 4.77. The molecule has 0 aliphatic carbocycles. The molecule has 3 rings (SSSR count). The number of nitrogens with one attached hydrogen (secondary N) is 1. The van der Waals surface area contributed by atoms with E-state index in [1.807, 2.05) is 49.4 Å². The summed E-state index contributed by atoms with van der Waals surface area (Å²) in [7, 11) is 1.54. The van der Waals surface area contributed by atoms with Gasteiger partial charge in [0.2, 0.25) is 5.76 Å². The molecule has 0 unspecified atom stereocenters.